The smallest absolute Gasteiger partial charge is 0.344 e. The summed E-state index contributed by atoms with van der Waals surface area (Å²) in [6.07, 6.45) is 1.46. The summed E-state index contributed by atoms with van der Waals surface area (Å²) in [4.78, 5) is 23.8. The largest absolute Gasteiger partial charge is 0.496 e. The number of carbonyl (C=O) groups is 2. The number of amides is 1. The number of rotatable bonds is 9. The third-order valence-electron chi connectivity index (χ3n) is 3.68. The summed E-state index contributed by atoms with van der Waals surface area (Å²) in [5, 5.41) is 3.98. The van der Waals surface area contributed by atoms with E-state index >= 15 is 0 Å². The lowest BCUT2D eigenvalue weighted by Crippen LogP contribution is -2.17. The quantitative estimate of drug-likeness (QED) is 0.207. The molecule has 0 atom stereocenters. The van der Waals surface area contributed by atoms with Crippen molar-refractivity contribution in [1.82, 2.24) is 5.43 Å². The number of hydrogen-bond donors (Lipinski definition) is 1. The molecule has 0 spiro atoms. The minimum absolute atomic E-state index is 0.244. The minimum Gasteiger partial charge on any atom is -0.496 e. The van der Waals surface area contributed by atoms with Crippen molar-refractivity contribution >= 4 is 56.6 Å². The van der Waals surface area contributed by atoms with Crippen molar-refractivity contribution in [3.8, 4) is 17.2 Å². The Morgan fingerprint density at radius 3 is 2.57 bits per heavy atom. The number of carbonyl (C=O) groups excluding carboxylic acids is 2. The molecule has 0 saturated heterocycles. The first kappa shape index (κ1) is 23.9. The Balaban J connectivity index is 2.09. The Labute approximate surface area is 196 Å². The van der Waals surface area contributed by atoms with E-state index in [-0.39, 0.29) is 19.1 Å². The van der Waals surface area contributed by atoms with Crippen LogP contribution in [0.25, 0.3) is 0 Å². The number of methoxy groups -OCH3 is 2. The second-order valence-corrected chi connectivity index (χ2v) is 7.69. The van der Waals surface area contributed by atoms with E-state index in [1.54, 1.807) is 44.4 Å². The van der Waals surface area contributed by atoms with Gasteiger partial charge in [-0.3, -0.25) is 4.79 Å². The van der Waals surface area contributed by atoms with Gasteiger partial charge in [0.1, 0.15) is 5.75 Å². The monoisotopic (exact) mass is 590 g/mol. The minimum atomic E-state index is -0.480. The summed E-state index contributed by atoms with van der Waals surface area (Å²) in [7, 11) is 3.02. The third kappa shape index (κ3) is 6.59. The van der Waals surface area contributed by atoms with Crippen molar-refractivity contribution in [3.05, 3.63) is 49.5 Å². The zero-order chi connectivity index (χ0) is 22.1. The SMILES string of the molecule is CCOC(=O)COc1c(Br)cc(/C=N\NC(=O)c2ccc(I)c(OC)c2)cc1OC. The molecule has 0 heterocycles. The first-order chi connectivity index (χ1) is 14.4. The first-order valence-corrected chi connectivity index (χ1v) is 10.6. The van der Waals surface area contributed by atoms with Gasteiger partial charge in [-0.1, -0.05) is 0 Å². The number of hydrazone groups is 1. The van der Waals surface area contributed by atoms with Gasteiger partial charge < -0.3 is 18.9 Å². The van der Waals surface area contributed by atoms with E-state index < -0.39 is 5.97 Å². The summed E-state index contributed by atoms with van der Waals surface area (Å²) < 4.78 is 22.3. The molecule has 2 aromatic rings. The van der Waals surface area contributed by atoms with Crippen LogP contribution in [0.4, 0.5) is 0 Å². The molecule has 0 bridgehead atoms. The van der Waals surface area contributed by atoms with E-state index in [2.05, 4.69) is 49.0 Å². The fourth-order valence-electron chi connectivity index (χ4n) is 2.32. The lowest BCUT2D eigenvalue weighted by Gasteiger charge is -2.13. The van der Waals surface area contributed by atoms with E-state index in [4.69, 9.17) is 18.9 Å². The van der Waals surface area contributed by atoms with Crippen molar-refractivity contribution in [2.45, 2.75) is 6.92 Å². The van der Waals surface area contributed by atoms with Gasteiger partial charge in [0.2, 0.25) is 0 Å². The molecule has 1 N–H and O–H groups in total. The molecule has 30 heavy (non-hydrogen) atoms. The zero-order valence-corrected chi connectivity index (χ0v) is 20.3. The van der Waals surface area contributed by atoms with Crippen LogP contribution in [-0.4, -0.2) is 45.5 Å². The highest BCUT2D eigenvalue weighted by Gasteiger charge is 2.14. The lowest BCUT2D eigenvalue weighted by molar-refractivity contribution is -0.145. The van der Waals surface area contributed by atoms with Crippen LogP contribution in [0.3, 0.4) is 0 Å². The van der Waals surface area contributed by atoms with E-state index in [1.807, 2.05) is 0 Å². The van der Waals surface area contributed by atoms with Crippen LogP contribution in [-0.2, 0) is 9.53 Å². The molecule has 2 aromatic carbocycles. The Bertz CT molecular complexity index is 951. The molecule has 0 aliphatic heterocycles. The van der Waals surface area contributed by atoms with Gasteiger partial charge in [-0.15, -0.1) is 0 Å². The van der Waals surface area contributed by atoms with E-state index in [1.165, 1.54) is 13.3 Å². The summed E-state index contributed by atoms with van der Waals surface area (Å²) in [6, 6.07) is 8.49. The van der Waals surface area contributed by atoms with Gasteiger partial charge in [0.15, 0.2) is 18.1 Å². The maximum absolute atomic E-state index is 12.3. The van der Waals surface area contributed by atoms with Gasteiger partial charge in [-0.25, -0.2) is 10.2 Å². The van der Waals surface area contributed by atoms with Crippen LogP contribution in [0.5, 0.6) is 17.2 Å². The van der Waals surface area contributed by atoms with Gasteiger partial charge in [-0.2, -0.15) is 5.10 Å². The van der Waals surface area contributed by atoms with Crippen molar-refractivity contribution < 1.29 is 28.5 Å². The molecule has 2 rings (SSSR count). The fraction of sp³-hybridized carbons (Fsp3) is 0.250. The average Bonchev–Trinajstić information content (AvgIpc) is 2.73. The van der Waals surface area contributed by atoms with Gasteiger partial charge in [0.05, 0.1) is 35.1 Å². The summed E-state index contributed by atoms with van der Waals surface area (Å²) >= 11 is 5.51. The van der Waals surface area contributed by atoms with E-state index in [0.717, 1.165) is 3.57 Å². The lowest BCUT2D eigenvalue weighted by atomic mass is 10.2. The molecule has 10 heteroatoms. The second-order valence-electron chi connectivity index (χ2n) is 5.68. The number of halogens is 2. The van der Waals surface area contributed by atoms with Gasteiger partial charge in [0.25, 0.3) is 5.91 Å². The van der Waals surface area contributed by atoms with Crippen LogP contribution in [0.2, 0.25) is 0 Å². The highest BCUT2D eigenvalue weighted by atomic mass is 127. The normalized spacial score (nSPS) is 10.6. The molecule has 0 aliphatic carbocycles. The molecular weight excluding hydrogens is 571 g/mol. The number of nitrogens with zero attached hydrogens (tertiary/aromatic N) is 1. The zero-order valence-electron chi connectivity index (χ0n) is 16.5. The number of benzene rings is 2. The fourth-order valence-corrected chi connectivity index (χ4v) is 3.45. The number of esters is 1. The highest BCUT2D eigenvalue weighted by molar-refractivity contribution is 14.1. The average molecular weight is 591 g/mol. The molecular formula is C20H20BrIN2O6. The maximum atomic E-state index is 12.3. The first-order valence-electron chi connectivity index (χ1n) is 8.72. The predicted octanol–water partition coefficient (Wildman–Crippen LogP) is 3.78. The molecule has 0 radical (unpaired) electrons. The summed E-state index contributed by atoms with van der Waals surface area (Å²) in [5.74, 6) is 0.509. The Morgan fingerprint density at radius 2 is 1.90 bits per heavy atom. The second kappa shape index (κ2) is 11.7. The van der Waals surface area contributed by atoms with Crippen LogP contribution < -0.4 is 19.6 Å². The van der Waals surface area contributed by atoms with Crippen LogP contribution in [0.1, 0.15) is 22.8 Å². The standard InChI is InChI=1S/C20H20BrIN2O6/c1-4-29-18(25)11-30-19-14(21)7-12(8-17(19)28-3)10-23-24-20(26)13-5-6-15(22)16(9-13)27-2/h5-10H,4,11H2,1-3H3,(H,24,26)/b23-10-. The van der Waals surface area contributed by atoms with Gasteiger partial charge >= 0.3 is 5.97 Å². The predicted molar refractivity (Wildman–Crippen MR) is 124 cm³/mol. The van der Waals surface area contributed by atoms with Crippen molar-refractivity contribution in [2.24, 2.45) is 5.10 Å². The van der Waals surface area contributed by atoms with Gasteiger partial charge in [0, 0.05) is 5.56 Å². The Hall–Kier alpha value is -2.34. The van der Waals surface area contributed by atoms with E-state index in [0.29, 0.717) is 32.8 Å². The molecule has 0 fully saturated rings. The molecule has 0 aromatic heterocycles. The number of hydrogen-bond acceptors (Lipinski definition) is 7. The maximum Gasteiger partial charge on any atom is 0.344 e. The molecule has 8 nitrogen and oxygen atoms in total. The molecule has 0 unspecified atom stereocenters. The van der Waals surface area contributed by atoms with Crippen LogP contribution >= 0.6 is 38.5 Å². The third-order valence-corrected chi connectivity index (χ3v) is 5.16. The van der Waals surface area contributed by atoms with Crippen molar-refractivity contribution in [3.63, 3.8) is 0 Å². The molecule has 0 saturated carbocycles. The van der Waals surface area contributed by atoms with Crippen molar-refractivity contribution in [1.29, 1.82) is 0 Å². The van der Waals surface area contributed by atoms with E-state index in [9.17, 15) is 9.59 Å². The molecule has 1 amide bonds. The number of ether oxygens (including phenoxy) is 4. The number of nitrogens with one attached hydrogen (secondary N) is 1. The molecule has 0 aliphatic rings. The summed E-state index contributed by atoms with van der Waals surface area (Å²) in [5.41, 5.74) is 3.53. The van der Waals surface area contributed by atoms with Crippen LogP contribution in [0, 0.1) is 3.57 Å². The highest BCUT2D eigenvalue weighted by Crippen LogP contribution is 2.36. The topological polar surface area (TPSA) is 95.5 Å². The molecule has 160 valence electrons. The Morgan fingerprint density at radius 1 is 1.17 bits per heavy atom. The van der Waals surface area contributed by atoms with Crippen LogP contribution in [0.15, 0.2) is 39.9 Å². The summed E-state index contributed by atoms with van der Waals surface area (Å²) in [6.45, 7) is 1.75. The van der Waals surface area contributed by atoms with Gasteiger partial charge in [-0.05, 0) is 81.3 Å². The Kier molecular flexibility index (Phi) is 9.37. The van der Waals surface area contributed by atoms with Crippen molar-refractivity contribution in [2.75, 3.05) is 27.4 Å².